The van der Waals surface area contributed by atoms with E-state index >= 15 is 0 Å². The Hall–Kier alpha value is -1.75. The van der Waals surface area contributed by atoms with E-state index in [-0.39, 0.29) is 23.0 Å². The minimum atomic E-state index is -0.477. The van der Waals surface area contributed by atoms with Gasteiger partial charge < -0.3 is 14.3 Å². The van der Waals surface area contributed by atoms with Gasteiger partial charge in [-0.05, 0) is 23.0 Å². The summed E-state index contributed by atoms with van der Waals surface area (Å²) in [6.07, 6.45) is 6.77. The number of phenolic OH excluding ortho intramolecular Hbond substituents is 1. The zero-order valence-corrected chi connectivity index (χ0v) is 16.4. The number of allylic oxidation sites excluding steroid dienone is 1. The maximum atomic E-state index is 11.5. The molecule has 0 spiro atoms. The normalized spacial score (nSPS) is 12.3. The van der Waals surface area contributed by atoms with Crippen LogP contribution < -0.4 is 10.4 Å². The molecule has 0 amide bonds. The molecule has 0 aliphatic rings. The van der Waals surface area contributed by atoms with Crippen molar-refractivity contribution in [3.8, 4) is 11.5 Å². The summed E-state index contributed by atoms with van der Waals surface area (Å²) in [7, 11) is 1.45. The van der Waals surface area contributed by atoms with Crippen LogP contribution in [0.5, 0.6) is 11.5 Å². The number of fused-ring (bicyclic) bond motifs is 1. The Morgan fingerprint density at radius 3 is 2.68 bits per heavy atom. The van der Waals surface area contributed by atoms with Crippen molar-refractivity contribution >= 4 is 26.9 Å². The van der Waals surface area contributed by atoms with Crippen molar-refractivity contribution in [1.29, 1.82) is 0 Å². The lowest BCUT2D eigenvalue weighted by molar-refractivity contribution is 0.364. The summed E-state index contributed by atoms with van der Waals surface area (Å²) in [6, 6.07) is 4.90. The lowest BCUT2D eigenvalue weighted by Gasteiger charge is -2.20. The molecule has 1 atom stereocenters. The molecular weight excluding hydrogens is 384 g/mol. The molecule has 0 bridgehead atoms. The lowest BCUT2D eigenvalue weighted by Crippen LogP contribution is -2.03. The van der Waals surface area contributed by atoms with Crippen LogP contribution in [0.1, 0.15) is 56.9 Å². The number of phenols is 1. The number of hydrogen-bond acceptors (Lipinski definition) is 4. The third-order valence-electron chi connectivity index (χ3n) is 4.42. The predicted octanol–water partition coefficient (Wildman–Crippen LogP) is 5.86. The quantitative estimate of drug-likeness (QED) is 0.416. The highest BCUT2D eigenvalue weighted by Crippen LogP contribution is 2.45. The molecule has 1 aromatic heterocycles. The van der Waals surface area contributed by atoms with E-state index in [0.29, 0.717) is 5.39 Å². The van der Waals surface area contributed by atoms with Crippen LogP contribution in [-0.4, -0.2) is 12.2 Å². The minimum absolute atomic E-state index is 0.00325. The molecule has 2 aromatic rings. The van der Waals surface area contributed by atoms with Crippen molar-refractivity contribution in [2.45, 2.75) is 51.4 Å². The third kappa shape index (κ3) is 4.66. The largest absolute Gasteiger partial charge is 0.504 e. The molecule has 136 valence electrons. The van der Waals surface area contributed by atoms with Crippen LogP contribution in [0.15, 0.2) is 38.5 Å². The Balaban J connectivity index is 2.38. The van der Waals surface area contributed by atoms with Crippen molar-refractivity contribution in [3.05, 3.63) is 45.2 Å². The third-order valence-corrected chi connectivity index (χ3v) is 4.98. The molecule has 0 radical (unpaired) electrons. The van der Waals surface area contributed by atoms with Crippen molar-refractivity contribution in [3.63, 3.8) is 0 Å². The monoisotopic (exact) mass is 408 g/mol. The number of ether oxygens (including phenoxy) is 1. The van der Waals surface area contributed by atoms with Gasteiger partial charge in [-0.3, -0.25) is 0 Å². The molecule has 1 aromatic carbocycles. The number of halogens is 1. The van der Waals surface area contributed by atoms with E-state index in [9.17, 15) is 9.90 Å². The molecule has 0 saturated heterocycles. The van der Waals surface area contributed by atoms with E-state index in [1.54, 1.807) is 6.07 Å². The highest BCUT2D eigenvalue weighted by atomic mass is 79.9. The topological polar surface area (TPSA) is 59.7 Å². The maximum Gasteiger partial charge on any atom is 0.336 e. The van der Waals surface area contributed by atoms with E-state index < -0.39 is 5.63 Å². The van der Waals surface area contributed by atoms with Crippen LogP contribution in [0.3, 0.4) is 0 Å². The first-order valence-electron chi connectivity index (χ1n) is 8.67. The summed E-state index contributed by atoms with van der Waals surface area (Å²) in [5.74, 6) is 0.158. The average molecular weight is 409 g/mol. The van der Waals surface area contributed by atoms with Gasteiger partial charge in [-0.1, -0.05) is 61.5 Å². The first-order valence-corrected chi connectivity index (χ1v) is 9.46. The molecule has 4 nitrogen and oxygen atoms in total. The fraction of sp³-hybridized carbons (Fsp3) is 0.450. The number of unbranched alkanes of at least 4 members (excludes halogenated alkanes) is 4. The van der Waals surface area contributed by atoms with Gasteiger partial charge in [0.2, 0.25) is 5.75 Å². The summed E-state index contributed by atoms with van der Waals surface area (Å²) in [5, 5.41) is 11.4. The van der Waals surface area contributed by atoms with Gasteiger partial charge in [-0.2, -0.15) is 0 Å². The number of rotatable bonds is 9. The SMILES string of the molecule is C=C(Br)C(CCCCCCC)c1cc2ccc(=O)oc2c(OC)c1O. The standard InChI is InChI=1S/C20H25BrO4/c1-4-5-6-7-8-9-15(13(2)21)16-12-14-10-11-17(22)25-19(14)20(24-3)18(16)23/h10-12,15,23H,2,4-9H2,1,3H3. The van der Waals surface area contributed by atoms with Gasteiger partial charge in [0.25, 0.3) is 0 Å². The number of methoxy groups -OCH3 is 1. The second-order valence-electron chi connectivity index (χ2n) is 6.22. The van der Waals surface area contributed by atoms with Crippen LogP contribution in [0.2, 0.25) is 0 Å². The highest BCUT2D eigenvalue weighted by molar-refractivity contribution is 9.11. The van der Waals surface area contributed by atoms with Gasteiger partial charge in [0.15, 0.2) is 11.3 Å². The Kier molecular flexibility index (Phi) is 7.12. The van der Waals surface area contributed by atoms with Crippen LogP contribution >= 0.6 is 15.9 Å². The predicted molar refractivity (Wildman–Crippen MR) is 105 cm³/mol. The Morgan fingerprint density at radius 2 is 2.04 bits per heavy atom. The van der Waals surface area contributed by atoms with E-state index in [1.807, 2.05) is 6.07 Å². The Morgan fingerprint density at radius 1 is 1.32 bits per heavy atom. The summed E-state index contributed by atoms with van der Waals surface area (Å²) in [6.45, 7) is 6.22. The molecule has 25 heavy (non-hydrogen) atoms. The van der Waals surface area contributed by atoms with Crippen LogP contribution in [0.25, 0.3) is 11.0 Å². The number of benzene rings is 1. The van der Waals surface area contributed by atoms with Gasteiger partial charge in [-0.25, -0.2) is 4.79 Å². The first-order chi connectivity index (χ1) is 12.0. The summed E-state index contributed by atoms with van der Waals surface area (Å²) in [4.78, 5) is 11.5. The maximum absolute atomic E-state index is 11.5. The Labute approximate surface area is 156 Å². The molecular formula is C20H25BrO4. The van der Waals surface area contributed by atoms with Crippen molar-refractivity contribution in [2.24, 2.45) is 0 Å². The Bertz CT molecular complexity index is 794. The molecule has 1 unspecified atom stereocenters. The molecule has 0 fully saturated rings. The first kappa shape index (κ1) is 19.6. The summed E-state index contributed by atoms with van der Waals surface area (Å²) in [5.41, 5.74) is 0.518. The smallest absolute Gasteiger partial charge is 0.336 e. The van der Waals surface area contributed by atoms with Crippen molar-refractivity contribution in [1.82, 2.24) is 0 Å². The lowest BCUT2D eigenvalue weighted by atomic mass is 9.91. The van der Waals surface area contributed by atoms with E-state index in [2.05, 4.69) is 29.4 Å². The average Bonchev–Trinajstić information content (AvgIpc) is 2.58. The molecule has 2 rings (SSSR count). The number of aromatic hydroxyl groups is 1. The molecule has 0 aliphatic carbocycles. The van der Waals surface area contributed by atoms with Gasteiger partial charge >= 0.3 is 5.63 Å². The van der Waals surface area contributed by atoms with Crippen LogP contribution in [0, 0.1) is 0 Å². The molecule has 1 heterocycles. The zero-order valence-electron chi connectivity index (χ0n) is 14.8. The van der Waals surface area contributed by atoms with Gasteiger partial charge in [0, 0.05) is 22.9 Å². The van der Waals surface area contributed by atoms with Gasteiger partial charge in [0.1, 0.15) is 0 Å². The molecule has 1 N–H and O–H groups in total. The van der Waals surface area contributed by atoms with E-state index in [4.69, 9.17) is 9.15 Å². The number of hydrogen-bond donors (Lipinski definition) is 1. The van der Waals surface area contributed by atoms with Crippen LogP contribution in [-0.2, 0) is 0 Å². The fourth-order valence-electron chi connectivity index (χ4n) is 3.08. The van der Waals surface area contributed by atoms with E-state index in [0.717, 1.165) is 29.3 Å². The fourth-order valence-corrected chi connectivity index (χ4v) is 3.56. The highest BCUT2D eigenvalue weighted by Gasteiger charge is 2.23. The zero-order chi connectivity index (χ0) is 18.4. The molecule has 0 saturated carbocycles. The van der Waals surface area contributed by atoms with Crippen molar-refractivity contribution in [2.75, 3.05) is 7.11 Å². The second-order valence-corrected chi connectivity index (χ2v) is 7.24. The minimum Gasteiger partial charge on any atom is -0.504 e. The van der Waals surface area contributed by atoms with E-state index in [1.165, 1.54) is 32.4 Å². The molecule has 5 heteroatoms. The second kappa shape index (κ2) is 9.09. The van der Waals surface area contributed by atoms with Crippen molar-refractivity contribution < 1.29 is 14.3 Å². The van der Waals surface area contributed by atoms with Crippen LogP contribution in [0.4, 0.5) is 0 Å². The van der Waals surface area contributed by atoms with Gasteiger partial charge in [-0.15, -0.1) is 0 Å². The summed E-state index contributed by atoms with van der Waals surface area (Å²) >= 11 is 3.50. The molecule has 0 aliphatic heterocycles. The summed E-state index contributed by atoms with van der Waals surface area (Å²) < 4.78 is 11.3. The van der Waals surface area contributed by atoms with Gasteiger partial charge in [0.05, 0.1) is 7.11 Å².